The lowest BCUT2D eigenvalue weighted by Crippen LogP contribution is -2.10. The van der Waals surface area contributed by atoms with Crippen LogP contribution in [0, 0.1) is 6.92 Å². The lowest BCUT2D eigenvalue weighted by Gasteiger charge is -2.16. The number of methoxy groups -OCH3 is 1. The zero-order valence-electron chi connectivity index (χ0n) is 13.9. The molecule has 1 aromatic heterocycles. The molecule has 0 amide bonds. The van der Waals surface area contributed by atoms with E-state index in [2.05, 4.69) is 17.2 Å². The maximum absolute atomic E-state index is 11.6. The average molecular weight is 314 g/mol. The molecule has 5 heteroatoms. The summed E-state index contributed by atoms with van der Waals surface area (Å²) in [6, 6.07) is 11.6. The summed E-state index contributed by atoms with van der Waals surface area (Å²) in [6.45, 7) is 6.47. The second-order valence-corrected chi connectivity index (χ2v) is 5.19. The van der Waals surface area contributed by atoms with Crippen LogP contribution in [0.15, 0.2) is 36.4 Å². The first-order valence-electron chi connectivity index (χ1n) is 7.60. The SMILES string of the molecule is CCOc1ccc(C(C)Nc2ccc(C(=O)OC)c(C)n2)cc1. The number of nitrogens with one attached hydrogen (secondary N) is 1. The summed E-state index contributed by atoms with van der Waals surface area (Å²) >= 11 is 0. The van der Waals surface area contributed by atoms with Crippen LogP contribution in [0.5, 0.6) is 5.75 Å². The molecule has 0 radical (unpaired) electrons. The van der Waals surface area contributed by atoms with E-state index in [4.69, 9.17) is 9.47 Å². The highest BCUT2D eigenvalue weighted by Crippen LogP contribution is 2.21. The zero-order valence-corrected chi connectivity index (χ0v) is 13.9. The fourth-order valence-corrected chi connectivity index (χ4v) is 2.29. The van der Waals surface area contributed by atoms with Crippen LogP contribution in [-0.2, 0) is 4.74 Å². The molecule has 2 rings (SSSR count). The van der Waals surface area contributed by atoms with Crippen LogP contribution in [0.4, 0.5) is 5.82 Å². The molecule has 1 aromatic carbocycles. The van der Waals surface area contributed by atoms with E-state index in [1.54, 1.807) is 19.1 Å². The minimum absolute atomic E-state index is 0.0848. The number of aromatic nitrogens is 1. The number of ether oxygens (including phenoxy) is 2. The maximum Gasteiger partial charge on any atom is 0.339 e. The van der Waals surface area contributed by atoms with Gasteiger partial charge in [-0.1, -0.05) is 12.1 Å². The van der Waals surface area contributed by atoms with Gasteiger partial charge in [-0.3, -0.25) is 0 Å². The van der Waals surface area contributed by atoms with Crippen LogP contribution < -0.4 is 10.1 Å². The summed E-state index contributed by atoms with van der Waals surface area (Å²) in [6.07, 6.45) is 0. The number of nitrogens with zero attached hydrogens (tertiary/aromatic N) is 1. The molecule has 0 bridgehead atoms. The summed E-state index contributed by atoms with van der Waals surface area (Å²) in [7, 11) is 1.36. The smallest absolute Gasteiger partial charge is 0.339 e. The molecule has 0 fully saturated rings. The van der Waals surface area contributed by atoms with Crippen molar-refractivity contribution in [1.82, 2.24) is 4.98 Å². The second kappa shape index (κ2) is 7.63. The van der Waals surface area contributed by atoms with E-state index < -0.39 is 0 Å². The van der Waals surface area contributed by atoms with Gasteiger partial charge in [-0.15, -0.1) is 0 Å². The molecule has 2 aromatic rings. The molecule has 1 unspecified atom stereocenters. The summed E-state index contributed by atoms with van der Waals surface area (Å²) in [5, 5.41) is 3.33. The topological polar surface area (TPSA) is 60.5 Å². The number of hydrogen-bond acceptors (Lipinski definition) is 5. The number of anilines is 1. The van der Waals surface area contributed by atoms with Crippen molar-refractivity contribution in [2.75, 3.05) is 19.0 Å². The number of carbonyl (C=O) groups excluding carboxylic acids is 1. The van der Waals surface area contributed by atoms with Crippen LogP contribution in [0.2, 0.25) is 0 Å². The fourth-order valence-electron chi connectivity index (χ4n) is 2.29. The Labute approximate surface area is 136 Å². The molecule has 0 aliphatic heterocycles. The third-order valence-electron chi connectivity index (χ3n) is 3.55. The van der Waals surface area contributed by atoms with Crippen LogP contribution in [0.1, 0.15) is 41.5 Å². The standard InChI is InChI=1S/C18H22N2O3/c1-5-23-15-8-6-14(7-9-15)12(2)19-17-11-10-16(13(3)20-17)18(21)22-4/h6-12H,5H2,1-4H3,(H,19,20). The summed E-state index contributed by atoms with van der Waals surface area (Å²) in [5.74, 6) is 1.21. The van der Waals surface area contributed by atoms with Crippen molar-refractivity contribution in [2.45, 2.75) is 26.8 Å². The van der Waals surface area contributed by atoms with Gasteiger partial charge in [-0.2, -0.15) is 0 Å². The van der Waals surface area contributed by atoms with Crippen molar-refractivity contribution in [3.05, 3.63) is 53.2 Å². The molecule has 122 valence electrons. The number of rotatable bonds is 6. The van der Waals surface area contributed by atoms with Gasteiger partial charge < -0.3 is 14.8 Å². The van der Waals surface area contributed by atoms with Gasteiger partial charge in [0.25, 0.3) is 0 Å². The van der Waals surface area contributed by atoms with Crippen LogP contribution in [0.25, 0.3) is 0 Å². The van der Waals surface area contributed by atoms with E-state index in [1.165, 1.54) is 7.11 Å². The fraction of sp³-hybridized carbons (Fsp3) is 0.333. The molecule has 0 saturated carbocycles. The molecule has 0 aliphatic carbocycles. The van der Waals surface area contributed by atoms with Gasteiger partial charge in [0, 0.05) is 6.04 Å². The van der Waals surface area contributed by atoms with Crippen molar-refractivity contribution in [1.29, 1.82) is 0 Å². The number of carbonyl (C=O) groups is 1. The van der Waals surface area contributed by atoms with E-state index in [0.717, 1.165) is 17.1 Å². The Morgan fingerprint density at radius 1 is 1.22 bits per heavy atom. The van der Waals surface area contributed by atoms with Crippen LogP contribution in [-0.4, -0.2) is 24.7 Å². The first-order chi connectivity index (χ1) is 11.0. The maximum atomic E-state index is 11.6. The highest BCUT2D eigenvalue weighted by atomic mass is 16.5. The third-order valence-corrected chi connectivity index (χ3v) is 3.55. The minimum atomic E-state index is -0.374. The van der Waals surface area contributed by atoms with Gasteiger partial charge in [-0.25, -0.2) is 9.78 Å². The highest BCUT2D eigenvalue weighted by molar-refractivity contribution is 5.90. The van der Waals surface area contributed by atoms with Gasteiger partial charge in [0.15, 0.2) is 0 Å². The Kier molecular flexibility index (Phi) is 5.57. The predicted molar refractivity (Wildman–Crippen MR) is 90.0 cm³/mol. The Balaban J connectivity index is 2.09. The summed E-state index contributed by atoms with van der Waals surface area (Å²) in [4.78, 5) is 16.0. The van der Waals surface area contributed by atoms with E-state index >= 15 is 0 Å². The lowest BCUT2D eigenvalue weighted by atomic mass is 10.1. The monoisotopic (exact) mass is 314 g/mol. The van der Waals surface area contributed by atoms with E-state index in [1.807, 2.05) is 31.2 Å². The van der Waals surface area contributed by atoms with Gasteiger partial charge >= 0.3 is 5.97 Å². The van der Waals surface area contributed by atoms with Crippen molar-refractivity contribution in [2.24, 2.45) is 0 Å². The Hall–Kier alpha value is -2.56. The molecule has 0 spiro atoms. The van der Waals surface area contributed by atoms with Crippen LogP contribution >= 0.6 is 0 Å². The highest BCUT2D eigenvalue weighted by Gasteiger charge is 2.12. The average Bonchev–Trinajstić information content (AvgIpc) is 2.55. The molecule has 0 saturated heterocycles. The minimum Gasteiger partial charge on any atom is -0.494 e. The Bertz CT molecular complexity index is 668. The molecular formula is C18H22N2O3. The second-order valence-electron chi connectivity index (χ2n) is 5.19. The number of aryl methyl sites for hydroxylation is 1. The lowest BCUT2D eigenvalue weighted by molar-refractivity contribution is 0.0599. The number of hydrogen-bond donors (Lipinski definition) is 1. The van der Waals surface area contributed by atoms with Gasteiger partial charge in [-0.05, 0) is 50.6 Å². The van der Waals surface area contributed by atoms with Crippen molar-refractivity contribution in [3.63, 3.8) is 0 Å². The first-order valence-corrected chi connectivity index (χ1v) is 7.60. The zero-order chi connectivity index (χ0) is 16.8. The van der Waals surface area contributed by atoms with Crippen molar-refractivity contribution < 1.29 is 14.3 Å². The van der Waals surface area contributed by atoms with E-state index in [-0.39, 0.29) is 12.0 Å². The third kappa shape index (κ3) is 4.22. The normalized spacial score (nSPS) is 11.7. The number of esters is 1. The molecule has 23 heavy (non-hydrogen) atoms. The van der Waals surface area contributed by atoms with Crippen molar-refractivity contribution >= 4 is 11.8 Å². The molecule has 0 aliphatic rings. The van der Waals surface area contributed by atoms with Gasteiger partial charge in [0.05, 0.1) is 25.0 Å². The van der Waals surface area contributed by atoms with Gasteiger partial charge in [0.1, 0.15) is 11.6 Å². The first kappa shape index (κ1) is 16.8. The molecule has 5 nitrogen and oxygen atoms in total. The summed E-state index contributed by atoms with van der Waals surface area (Å²) in [5.41, 5.74) is 2.25. The van der Waals surface area contributed by atoms with E-state index in [0.29, 0.717) is 17.9 Å². The van der Waals surface area contributed by atoms with E-state index in [9.17, 15) is 4.79 Å². The molecular weight excluding hydrogens is 292 g/mol. The summed E-state index contributed by atoms with van der Waals surface area (Å²) < 4.78 is 10.2. The molecule has 1 atom stereocenters. The molecule has 1 heterocycles. The Morgan fingerprint density at radius 2 is 1.91 bits per heavy atom. The number of benzene rings is 1. The van der Waals surface area contributed by atoms with Gasteiger partial charge in [0.2, 0.25) is 0 Å². The Morgan fingerprint density at radius 3 is 2.48 bits per heavy atom. The quantitative estimate of drug-likeness (QED) is 0.823. The van der Waals surface area contributed by atoms with Crippen molar-refractivity contribution in [3.8, 4) is 5.75 Å². The predicted octanol–water partition coefficient (Wildman–Crippen LogP) is 3.75. The largest absolute Gasteiger partial charge is 0.494 e. The molecule has 1 N–H and O–H groups in total. The van der Waals surface area contributed by atoms with Crippen LogP contribution in [0.3, 0.4) is 0 Å². The number of pyridine rings is 1.